The van der Waals surface area contributed by atoms with Gasteiger partial charge in [0.2, 0.25) is 0 Å². The Kier molecular flexibility index (Phi) is 4.75. The van der Waals surface area contributed by atoms with Crippen LogP contribution in [0.4, 0.5) is 9.80 Å². The number of nitrogens with zero attached hydrogens (tertiary/aromatic N) is 1. The molecule has 1 N–H and O–H groups in total. The normalized spacial score (nSPS) is 9.80. The molecule has 0 aliphatic carbocycles. The van der Waals surface area contributed by atoms with Crippen molar-refractivity contribution < 1.29 is 9.53 Å². The van der Waals surface area contributed by atoms with Gasteiger partial charge in [0.15, 0.2) is 0 Å². The van der Waals surface area contributed by atoms with Crippen molar-refractivity contribution in [3.05, 3.63) is 52.4 Å². The molecule has 0 fully saturated rings. The van der Waals surface area contributed by atoms with Crippen molar-refractivity contribution in [3.63, 3.8) is 0 Å². The minimum absolute atomic E-state index is 0.209. The Morgan fingerprint density at radius 1 is 1.40 bits per heavy atom. The summed E-state index contributed by atoms with van der Waals surface area (Å²) in [4.78, 5) is 12.8. The summed E-state index contributed by atoms with van der Waals surface area (Å²) in [5.74, 6) is 0. The summed E-state index contributed by atoms with van der Waals surface area (Å²) in [6.07, 6.45) is 0.287. The van der Waals surface area contributed by atoms with Gasteiger partial charge in [-0.25, -0.2) is 4.79 Å². The Bertz CT molecular complexity index is 629. The number of nitrogens with one attached hydrogen (secondary N) is 1. The molecule has 0 aliphatic rings. The third kappa shape index (κ3) is 3.59. The minimum atomic E-state index is -0.546. The van der Waals surface area contributed by atoms with E-state index < -0.39 is 6.09 Å². The first-order valence-corrected chi connectivity index (χ1v) is 7.05. The van der Waals surface area contributed by atoms with E-state index in [1.165, 1.54) is 11.3 Å². The summed E-state index contributed by atoms with van der Waals surface area (Å²) >= 11 is 1.40. The molecule has 0 spiro atoms. The average molecular weight is 286 g/mol. The molecule has 0 saturated carbocycles. The van der Waals surface area contributed by atoms with Gasteiger partial charge < -0.3 is 4.74 Å². The standard InChI is InChI=1S/C15H14N2O2S/c1-2-13-8-12(9-16)14(20-13)17-15(18)19-10-11-6-4-3-5-7-11/h3-8H,2,10H2,1H3,(H,17,18). The van der Waals surface area contributed by atoms with E-state index in [2.05, 4.69) is 11.4 Å². The molecule has 0 aliphatic heterocycles. The molecule has 0 saturated heterocycles. The predicted octanol–water partition coefficient (Wildman–Crippen LogP) is 3.93. The molecule has 0 atom stereocenters. The monoisotopic (exact) mass is 286 g/mol. The van der Waals surface area contributed by atoms with Gasteiger partial charge >= 0.3 is 6.09 Å². The second kappa shape index (κ2) is 6.73. The van der Waals surface area contributed by atoms with Crippen LogP contribution in [0.15, 0.2) is 36.4 Å². The van der Waals surface area contributed by atoms with Crippen LogP contribution in [0.5, 0.6) is 0 Å². The number of anilines is 1. The first-order valence-electron chi connectivity index (χ1n) is 6.23. The molecule has 102 valence electrons. The number of benzene rings is 1. The quantitative estimate of drug-likeness (QED) is 0.926. The lowest BCUT2D eigenvalue weighted by Gasteiger charge is -2.05. The number of nitriles is 1. The highest BCUT2D eigenvalue weighted by Gasteiger charge is 2.11. The molecule has 5 heteroatoms. The lowest BCUT2D eigenvalue weighted by Crippen LogP contribution is -2.13. The summed E-state index contributed by atoms with van der Waals surface area (Å²) in [6, 6.07) is 13.3. The fourth-order valence-electron chi connectivity index (χ4n) is 1.64. The number of carbonyl (C=O) groups is 1. The number of hydrogen-bond acceptors (Lipinski definition) is 4. The zero-order valence-electron chi connectivity index (χ0n) is 11.1. The van der Waals surface area contributed by atoms with Crippen molar-refractivity contribution >= 4 is 22.4 Å². The van der Waals surface area contributed by atoms with E-state index in [0.717, 1.165) is 16.9 Å². The fourth-order valence-corrected chi connectivity index (χ4v) is 2.58. The fraction of sp³-hybridized carbons (Fsp3) is 0.200. The number of thiophene rings is 1. The molecular formula is C15H14N2O2S. The molecule has 1 amide bonds. The second-order valence-electron chi connectivity index (χ2n) is 4.11. The van der Waals surface area contributed by atoms with Crippen LogP contribution in [0.25, 0.3) is 0 Å². The van der Waals surface area contributed by atoms with Gasteiger partial charge in [-0.1, -0.05) is 37.3 Å². The zero-order valence-corrected chi connectivity index (χ0v) is 11.9. The lowest BCUT2D eigenvalue weighted by molar-refractivity contribution is 0.155. The maximum Gasteiger partial charge on any atom is 0.412 e. The number of ether oxygens (including phenoxy) is 1. The molecule has 2 rings (SSSR count). The van der Waals surface area contributed by atoms with Crippen molar-refractivity contribution in [2.45, 2.75) is 20.0 Å². The van der Waals surface area contributed by atoms with Gasteiger partial charge in [0.05, 0.1) is 5.56 Å². The summed E-state index contributed by atoms with van der Waals surface area (Å²) in [7, 11) is 0. The summed E-state index contributed by atoms with van der Waals surface area (Å²) in [5.41, 5.74) is 1.40. The van der Waals surface area contributed by atoms with Gasteiger partial charge in [-0.15, -0.1) is 11.3 Å². The van der Waals surface area contributed by atoms with E-state index in [1.807, 2.05) is 37.3 Å². The van der Waals surface area contributed by atoms with Crippen LogP contribution < -0.4 is 5.32 Å². The van der Waals surface area contributed by atoms with Gasteiger partial charge in [-0.2, -0.15) is 5.26 Å². The number of rotatable bonds is 4. The van der Waals surface area contributed by atoms with Gasteiger partial charge in [-0.3, -0.25) is 5.32 Å². The Labute approximate surface area is 121 Å². The second-order valence-corrected chi connectivity index (χ2v) is 5.24. The third-order valence-electron chi connectivity index (χ3n) is 2.68. The number of hydrogen-bond donors (Lipinski definition) is 1. The van der Waals surface area contributed by atoms with Crippen molar-refractivity contribution in [2.24, 2.45) is 0 Å². The molecule has 0 unspecified atom stereocenters. The first-order chi connectivity index (χ1) is 9.72. The van der Waals surface area contributed by atoms with E-state index in [-0.39, 0.29) is 6.61 Å². The van der Waals surface area contributed by atoms with Gasteiger partial charge in [-0.05, 0) is 18.1 Å². The van der Waals surface area contributed by atoms with E-state index in [4.69, 9.17) is 10.00 Å². The topological polar surface area (TPSA) is 62.1 Å². The summed E-state index contributed by atoms with van der Waals surface area (Å²) < 4.78 is 5.12. The Balaban J connectivity index is 1.95. The molecule has 0 radical (unpaired) electrons. The molecule has 20 heavy (non-hydrogen) atoms. The number of amides is 1. The highest BCUT2D eigenvalue weighted by molar-refractivity contribution is 7.16. The smallest absolute Gasteiger partial charge is 0.412 e. The van der Waals surface area contributed by atoms with Crippen LogP contribution in [0.1, 0.15) is 22.9 Å². The van der Waals surface area contributed by atoms with Crippen LogP contribution in [-0.4, -0.2) is 6.09 Å². The Morgan fingerprint density at radius 2 is 2.15 bits per heavy atom. The maximum atomic E-state index is 11.7. The average Bonchev–Trinajstić information content (AvgIpc) is 2.88. The van der Waals surface area contributed by atoms with Crippen LogP contribution in [0.2, 0.25) is 0 Å². The van der Waals surface area contributed by atoms with E-state index in [1.54, 1.807) is 6.07 Å². The molecule has 0 bridgehead atoms. The predicted molar refractivity (Wildman–Crippen MR) is 78.7 cm³/mol. The first kappa shape index (κ1) is 14.1. The Hall–Kier alpha value is -2.32. The van der Waals surface area contributed by atoms with Gasteiger partial charge in [0, 0.05) is 4.88 Å². The van der Waals surface area contributed by atoms with Crippen LogP contribution in [0.3, 0.4) is 0 Å². The number of aryl methyl sites for hydroxylation is 1. The van der Waals surface area contributed by atoms with E-state index >= 15 is 0 Å². The van der Waals surface area contributed by atoms with Crippen molar-refractivity contribution in [1.29, 1.82) is 5.26 Å². The van der Waals surface area contributed by atoms with Crippen LogP contribution in [0, 0.1) is 11.3 Å². The summed E-state index contributed by atoms with van der Waals surface area (Å²) in [5, 5.41) is 12.2. The zero-order chi connectivity index (χ0) is 14.4. The van der Waals surface area contributed by atoms with Crippen LogP contribution >= 0.6 is 11.3 Å². The van der Waals surface area contributed by atoms with E-state index in [9.17, 15) is 4.79 Å². The van der Waals surface area contributed by atoms with Crippen LogP contribution in [-0.2, 0) is 17.8 Å². The van der Waals surface area contributed by atoms with Gasteiger partial charge in [0.25, 0.3) is 0 Å². The van der Waals surface area contributed by atoms with Crippen molar-refractivity contribution in [1.82, 2.24) is 0 Å². The largest absolute Gasteiger partial charge is 0.444 e. The molecule has 1 aromatic carbocycles. The lowest BCUT2D eigenvalue weighted by atomic mass is 10.2. The highest BCUT2D eigenvalue weighted by atomic mass is 32.1. The molecular weight excluding hydrogens is 272 g/mol. The van der Waals surface area contributed by atoms with Crippen molar-refractivity contribution in [2.75, 3.05) is 5.32 Å². The molecule has 1 heterocycles. The molecule has 4 nitrogen and oxygen atoms in total. The van der Waals surface area contributed by atoms with Crippen molar-refractivity contribution in [3.8, 4) is 6.07 Å². The molecule has 2 aromatic rings. The van der Waals surface area contributed by atoms with Gasteiger partial charge in [0.1, 0.15) is 17.7 Å². The summed E-state index contributed by atoms with van der Waals surface area (Å²) in [6.45, 7) is 2.21. The van der Waals surface area contributed by atoms with E-state index in [0.29, 0.717) is 10.6 Å². The third-order valence-corrected chi connectivity index (χ3v) is 3.88. The maximum absolute atomic E-state index is 11.7. The Morgan fingerprint density at radius 3 is 2.80 bits per heavy atom. The molecule has 1 aromatic heterocycles. The highest BCUT2D eigenvalue weighted by Crippen LogP contribution is 2.28. The SMILES string of the molecule is CCc1cc(C#N)c(NC(=O)OCc2ccccc2)s1. The number of carbonyl (C=O) groups excluding carboxylic acids is 1. The minimum Gasteiger partial charge on any atom is -0.444 e.